The zero-order valence-corrected chi connectivity index (χ0v) is 13.5. The maximum atomic E-state index is 5.75. The molecule has 0 atom stereocenters. The average molecular weight is 312 g/mol. The molecule has 2 aromatic heterocycles. The SMILES string of the molecule is Cc1nsc(-c2nnc(COc3ccccc3)c(C)c2C)n1. The van der Waals surface area contributed by atoms with Crippen molar-refractivity contribution in [2.24, 2.45) is 0 Å². The number of nitrogens with zero attached hydrogens (tertiary/aromatic N) is 4. The van der Waals surface area contributed by atoms with Crippen molar-refractivity contribution < 1.29 is 4.74 Å². The monoisotopic (exact) mass is 312 g/mol. The van der Waals surface area contributed by atoms with Gasteiger partial charge in [-0.1, -0.05) is 18.2 Å². The van der Waals surface area contributed by atoms with E-state index in [-0.39, 0.29) is 0 Å². The average Bonchev–Trinajstić information content (AvgIpc) is 2.96. The lowest BCUT2D eigenvalue weighted by molar-refractivity contribution is 0.299. The van der Waals surface area contributed by atoms with Gasteiger partial charge in [0, 0.05) is 0 Å². The fourth-order valence-electron chi connectivity index (χ4n) is 2.06. The Morgan fingerprint density at radius 2 is 1.77 bits per heavy atom. The van der Waals surface area contributed by atoms with Crippen LogP contribution in [0.3, 0.4) is 0 Å². The summed E-state index contributed by atoms with van der Waals surface area (Å²) in [6, 6.07) is 9.70. The normalized spacial score (nSPS) is 10.7. The minimum Gasteiger partial charge on any atom is -0.487 e. The number of ether oxygens (including phenoxy) is 1. The molecule has 0 unspecified atom stereocenters. The molecule has 22 heavy (non-hydrogen) atoms. The Hall–Kier alpha value is -2.34. The number of para-hydroxylation sites is 1. The quantitative estimate of drug-likeness (QED) is 0.738. The summed E-state index contributed by atoms with van der Waals surface area (Å²) in [6.45, 7) is 6.34. The summed E-state index contributed by atoms with van der Waals surface area (Å²) in [5.41, 5.74) is 3.78. The largest absolute Gasteiger partial charge is 0.487 e. The lowest BCUT2D eigenvalue weighted by atomic mass is 10.1. The van der Waals surface area contributed by atoms with E-state index in [1.807, 2.05) is 51.1 Å². The molecule has 3 aromatic rings. The van der Waals surface area contributed by atoms with Crippen LogP contribution in [0.1, 0.15) is 22.6 Å². The number of rotatable bonds is 4. The summed E-state index contributed by atoms with van der Waals surface area (Å²) in [4.78, 5) is 4.38. The number of aryl methyl sites for hydroxylation is 1. The Bertz CT molecular complexity index is 786. The van der Waals surface area contributed by atoms with Gasteiger partial charge in [-0.25, -0.2) is 4.98 Å². The molecule has 0 aliphatic rings. The molecule has 0 saturated heterocycles. The standard InChI is InChI=1S/C16H16N4OS/c1-10-11(2)15(16-17-12(3)20-22-16)19-18-14(10)9-21-13-7-5-4-6-8-13/h4-8H,9H2,1-3H3. The maximum Gasteiger partial charge on any atom is 0.164 e. The van der Waals surface area contributed by atoms with Crippen molar-refractivity contribution in [2.75, 3.05) is 0 Å². The second-order valence-corrected chi connectivity index (χ2v) is 5.75. The van der Waals surface area contributed by atoms with E-state index in [0.717, 1.165) is 39.1 Å². The number of hydrogen-bond donors (Lipinski definition) is 0. The van der Waals surface area contributed by atoms with E-state index in [0.29, 0.717) is 6.61 Å². The third-order valence-electron chi connectivity index (χ3n) is 3.47. The first-order valence-corrected chi connectivity index (χ1v) is 7.74. The van der Waals surface area contributed by atoms with E-state index in [4.69, 9.17) is 4.74 Å². The Labute approximate surface area is 133 Å². The zero-order valence-electron chi connectivity index (χ0n) is 12.7. The molecule has 0 radical (unpaired) electrons. The van der Waals surface area contributed by atoms with Gasteiger partial charge < -0.3 is 4.74 Å². The Morgan fingerprint density at radius 1 is 1.00 bits per heavy atom. The van der Waals surface area contributed by atoms with Crippen LogP contribution in [0.15, 0.2) is 30.3 Å². The lowest BCUT2D eigenvalue weighted by Gasteiger charge is -2.10. The van der Waals surface area contributed by atoms with Crippen LogP contribution in [-0.4, -0.2) is 19.6 Å². The second kappa shape index (κ2) is 6.19. The Balaban J connectivity index is 1.84. The van der Waals surface area contributed by atoms with Crippen molar-refractivity contribution in [1.82, 2.24) is 19.6 Å². The van der Waals surface area contributed by atoms with Gasteiger partial charge in [0.1, 0.15) is 29.6 Å². The summed E-state index contributed by atoms with van der Waals surface area (Å²) < 4.78 is 9.95. The zero-order chi connectivity index (χ0) is 15.5. The summed E-state index contributed by atoms with van der Waals surface area (Å²) in [6.07, 6.45) is 0. The fourth-order valence-corrected chi connectivity index (χ4v) is 2.77. The van der Waals surface area contributed by atoms with Crippen molar-refractivity contribution in [2.45, 2.75) is 27.4 Å². The molecule has 3 rings (SSSR count). The first kappa shape index (κ1) is 14.6. The highest BCUT2D eigenvalue weighted by Gasteiger charge is 2.14. The van der Waals surface area contributed by atoms with Crippen LogP contribution < -0.4 is 4.74 Å². The van der Waals surface area contributed by atoms with Crippen LogP contribution in [0.5, 0.6) is 5.75 Å². The summed E-state index contributed by atoms with van der Waals surface area (Å²) in [7, 11) is 0. The van der Waals surface area contributed by atoms with Crippen LogP contribution in [0.25, 0.3) is 10.7 Å². The third kappa shape index (κ3) is 2.96. The van der Waals surface area contributed by atoms with Gasteiger partial charge in [0.15, 0.2) is 5.01 Å². The summed E-state index contributed by atoms with van der Waals surface area (Å²) >= 11 is 1.35. The highest BCUT2D eigenvalue weighted by molar-refractivity contribution is 7.09. The highest BCUT2D eigenvalue weighted by Crippen LogP contribution is 2.25. The van der Waals surface area contributed by atoms with Crippen molar-refractivity contribution in [3.8, 4) is 16.5 Å². The summed E-state index contributed by atoms with van der Waals surface area (Å²) in [5.74, 6) is 1.58. The minimum atomic E-state index is 0.402. The van der Waals surface area contributed by atoms with Crippen molar-refractivity contribution in [3.63, 3.8) is 0 Å². The van der Waals surface area contributed by atoms with Crippen LogP contribution in [-0.2, 0) is 6.61 Å². The predicted octanol–water partition coefficient (Wildman–Crippen LogP) is 3.50. The number of hydrogen-bond acceptors (Lipinski definition) is 6. The van der Waals surface area contributed by atoms with E-state index in [9.17, 15) is 0 Å². The van der Waals surface area contributed by atoms with Gasteiger partial charge in [-0.2, -0.15) is 9.47 Å². The predicted molar refractivity (Wildman–Crippen MR) is 85.9 cm³/mol. The Kier molecular flexibility index (Phi) is 4.11. The molecule has 0 aliphatic heterocycles. The topological polar surface area (TPSA) is 60.8 Å². The molecular weight excluding hydrogens is 296 g/mol. The second-order valence-electron chi connectivity index (χ2n) is 4.99. The molecule has 0 fully saturated rings. The van der Waals surface area contributed by atoms with Gasteiger partial charge in [0.25, 0.3) is 0 Å². The number of benzene rings is 1. The van der Waals surface area contributed by atoms with Gasteiger partial charge in [-0.15, -0.1) is 5.10 Å². The molecule has 0 aliphatic carbocycles. The molecule has 0 spiro atoms. The molecule has 0 N–H and O–H groups in total. The molecule has 2 heterocycles. The highest BCUT2D eigenvalue weighted by atomic mass is 32.1. The van der Waals surface area contributed by atoms with E-state index < -0.39 is 0 Å². The van der Waals surface area contributed by atoms with Crippen LogP contribution in [0.2, 0.25) is 0 Å². The van der Waals surface area contributed by atoms with E-state index in [2.05, 4.69) is 19.6 Å². The van der Waals surface area contributed by atoms with Gasteiger partial charge >= 0.3 is 0 Å². The molecule has 0 saturated carbocycles. The van der Waals surface area contributed by atoms with E-state index >= 15 is 0 Å². The number of aromatic nitrogens is 4. The molecule has 5 nitrogen and oxygen atoms in total. The first-order chi connectivity index (χ1) is 10.6. The third-order valence-corrected chi connectivity index (χ3v) is 4.28. The molecule has 0 amide bonds. The van der Waals surface area contributed by atoms with E-state index in [1.165, 1.54) is 11.5 Å². The molecular formula is C16H16N4OS. The molecule has 1 aromatic carbocycles. The first-order valence-electron chi connectivity index (χ1n) is 6.96. The van der Waals surface area contributed by atoms with Gasteiger partial charge in [-0.3, -0.25) is 0 Å². The van der Waals surface area contributed by atoms with Gasteiger partial charge in [-0.05, 0) is 55.6 Å². The summed E-state index contributed by atoms with van der Waals surface area (Å²) in [5, 5.41) is 9.42. The van der Waals surface area contributed by atoms with Gasteiger partial charge in [0.2, 0.25) is 0 Å². The van der Waals surface area contributed by atoms with Crippen molar-refractivity contribution >= 4 is 11.5 Å². The molecule has 0 bridgehead atoms. The van der Waals surface area contributed by atoms with Crippen LogP contribution >= 0.6 is 11.5 Å². The molecule has 112 valence electrons. The fraction of sp³-hybridized carbons (Fsp3) is 0.250. The van der Waals surface area contributed by atoms with E-state index in [1.54, 1.807) is 0 Å². The minimum absolute atomic E-state index is 0.402. The maximum absolute atomic E-state index is 5.75. The van der Waals surface area contributed by atoms with Gasteiger partial charge in [0.05, 0.1) is 0 Å². The Morgan fingerprint density at radius 3 is 2.45 bits per heavy atom. The van der Waals surface area contributed by atoms with Crippen LogP contribution in [0.4, 0.5) is 0 Å². The van der Waals surface area contributed by atoms with Crippen molar-refractivity contribution in [1.29, 1.82) is 0 Å². The smallest absolute Gasteiger partial charge is 0.164 e. The lowest BCUT2D eigenvalue weighted by Crippen LogP contribution is -2.06. The molecule has 6 heteroatoms. The van der Waals surface area contributed by atoms with Crippen LogP contribution in [0, 0.1) is 20.8 Å². The van der Waals surface area contributed by atoms with Crippen molar-refractivity contribution in [3.05, 3.63) is 53.0 Å².